The Labute approximate surface area is 101 Å². The molecule has 2 rings (SSSR count). The quantitative estimate of drug-likeness (QED) is 0.787. The number of hydrogen-bond donors (Lipinski definition) is 2. The Hall–Kier alpha value is -1.96. The fourth-order valence-corrected chi connectivity index (χ4v) is 2.14. The molecule has 88 valence electrons. The van der Waals surface area contributed by atoms with Gasteiger partial charge in [0, 0.05) is 11.5 Å². The van der Waals surface area contributed by atoms with Crippen LogP contribution >= 0.6 is 0 Å². The standard InChI is InChI=1S/C15H16O2/c1-2-13(11-6-4-3-5-7-11)14-10-12(16)8-9-15(14)17/h3-10,13,16-17H,2H2,1H3. The second kappa shape index (κ2) is 4.91. The number of aromatic hydroxyl groups is 2. The van der Waals surface area contributed by atoms with Crippen molar-refractivity contribution in [3.63, 3.8) is 0 Å². The summed E-state index contributed by atoms with van der Waals surface area (Å²) in [4.78, 5) is 0. The summed E-state index contributed by atoms with van der Waals surface area (Å²) in [5, 5.41) is 19.4. The number of benzene rings is 2. The van der Waals surface area contributed by atoms with Gasteiger partial charge in [-0.3, -0.25) is 0 Å². The van der Waals surface area contributed by atoms with Crippen LogP contribution in [0.1, 0.15) is 30.4 Å². The molecular weight excluding hydrogens is 212 g/mol. The molecule has 2 nitrogen and oxygen atoms in total. The van der Waals surface area contributed by atoms with Crippen molar-refractivity contribution >= 4 is 0 Å². The molecule has 0 radical (unpaired) electrons. The van der Waals surface area contributed by atoms with E-state index in [-0.39, 0.29) is 17.4 Å². The summed E-state index contributed by atoms with van der Waals surface area (Å²) >= 11 is 0. The van der Waals surface area contributed by atoms with Crippen LogP contribution in [0.2, 0.25) is 0 Å². The maximum Gasteiger partial charge on any atom is 0.119 e. The number of rotatable bonds is 3. The summed E-state index contributed by atoms with van der Waals surface area (Å²) in [5.41, 5.74) is 1.93. The Kier molecular flexibility index (Phi) is 3.33. The van der Waals surface area contributed by atoms with Gasteiger partial charge < -0.3 is 10.2 Å². The van der Waals surface area contributed by atoms with E-state index in [1.54, 1.807) is 6.07 Å². The average molecular weight is 228 g/mol. The molecule has 0 aliphatic rings. The van der Waals surface area contributed by atoms with Gasteiger partial charge in [-0.1, -0.05) is 37.3 Å². The van der Waals surface area contributed by atoms with E-state index in [0.717, 1.165) is 17.5 Å². The van der Waals surface area contributed by atoms with E-state index in [1.165, 1.54) is 12.1 Å². The zero-order valence-electron chi connectivity index (χ0n) is 9.80. The Morgan fingerprint density at radius 3 is 2.35 bits per heavy atom. The van der Waals surface area contributed by atoms with E-state index in [1.807, 2.05) is 30.3 Å². The monoisotopic (exact) mass is 228 g/mol. The highest BCUT2D eigenvalue weighted by atomic mass is 16.3. The minimum atomic E-state index is 0.114. The SMILES string of the molecule is CCC(c1ccccc1)c1cc(O)ccc1O. The Morgan fingerprint density at radius 2 is 1.71 bits per heavy atom. The van der Waals surface area contributed by atoms with Gasteiger partial charge >= 0.3 is 0 Å². The van der Waals surface area contributed by atoms with Crippen LogP contribution in [-0.2, 0) is 0 Å². The van der Waals surface area contributed by atoms with Gasteiger partial charge in [-0.2, -0.15) is 0 Å². The predicted molar refractivity (Wildman–Crippen MR) is 68.3 cm³/mol. The molecule has 1 atom stereocenters. The highest BCUT2D eigenvalue weighted by Gasteiger charge is 2.16. The van der Waals surface area contributed by atoms with Crippen molar-refractivity contribution in [1.29, 1.82) is 0 Å². The molecule has 0 aromatic heterocycles. The first-order valence-corrected chi connectivity index (χ1v) is 5.79. The molecular formula is C15H16O2. The van der Waals surface area contributed by atoms with E-state index in [0.29, 0.717) is 0 Å². The third-order valence-corrected chi connectivity index (χ3v) is 3.00. The average Bonchev–Trinajstić information content (AvgIpc) is 2.36. The molecule has 0 aliphatic carbocycles. The Morgan fingerprint density at radius 1 is 1.00 bits per heavy atom. The van der Waals surface area contributed by atoms with Gasteiger partial charge in [-0.25, -0.2) is 0 Å². The van der Waals surface area contributed by atoms with Crippen LogP contribution in [0, 0.1) is 0 Å². The fourth-order valence-electron chi connectivity index (χ4n) is 2.14. The molecule has 0 saturated carbocycles. The molecule has 0 bridgehead atoms. The maximum absolute atomic E-state index is 9.89. The summed E-state index contributed by atoms with van der Waals surface area (Å²) in [5.74, 6) is 0.536. The van der Waals surface area contributed by atoms with Crippen LogP contribution in [0.3, 0.4) is 0 Å². The zero-order chi connectivity index (χ0) is 12.3. The minimum absolute atomic E-state index is 0.114. The van der Waals surface area contributed by atoms with Crippen molar-refractivity contribution < 1.29 is 10.2 Å². The zero-order valence-corrected chi connectivity index (χ0v) is 9.80. The molecule has 2 aromatic carbocycles. The van der Waals surface area contributed by atoms with Gasteiger partial charge in [0.15, 0.2) is 0 Å². The number of phenolic OH excluding ortho intramolecular Hbond substituents is 2. The summed E-state index contributed by atoms with van der Waals surface area (Å²) in [7, 11) is 0. The van der Waals surface area contributed by atoms with Crippen molar-refractivity contribution in [2.45, 2.75) is 19.3 Å². The highest BCUT2D eigenvalue weighted by Crippen LogP contribution is 2.35. The van der Waals surface area contributed by atoms with Crippen LogP contribution in [0.25, 0.3) is 0 Å². The molecule has 0 heterocycles. The van der Waals surface area contributed by atoms with E-state index in [9.17, 15) is 10.2 Å². The van der Waals surface area contributed by atoms with Gasteiger partial charge in [0.05, 0.1) is 0 Å². The molecule has 0 spiro atoms. The third-order valence-electron chi connectivity index (χ3n) is 3.00. The first-order valence-electron chi connectivity index (χ1n) is 5.79. The molecule has 1 unspecified atom stereocenters. The molecule has 17 heavy (non-hydrogen) atoms. The lowest BCUT2D eigenvalue weighted by Gasteiger charge is -2.17. The van der Waals surface area contributed by atoms with E-state index < -0.39 is 0 Å². The lowest BCUT2D eigenvalue weighted by atomic mass is 9.88. The second-order valence-electron chi connectivity index (χ2n) is 4.11. The van der Waals surface area contributed by atoms with Crippen molar-refractivity contribution in [3.8, 4) is 11.5 Å². The second-order valence-corrected chi connectivity index (χ2v) is 4.11. The summed E-state index contributed by atoms with van der Waals surface area (Å²) in [6.07, 6.45) is 0.876. The van der Waals surface area contributed by atoms with Crippen LogP contribution in [0.4, 0.5) is 0 Å². The molecule has 0 aliphatic heterocycles. The van der Waals surface area contributed by atoms with Crippen molar-refractivity contribution in [3.05, 3.63) is 59.7 Å². The summed E-state index contributed by atoms with van der Waals surface area (Å²) in [6, 6.07) is 14.7. The van der Waals surface area contributed by atoms with Crippen molar-refractivity contribution in [2.24, 2.45) is 0 Å². The van der Waals surface area contributed by atoms with Crippen molar-refractivity contribution in [2.75, 3.05) is 0 Å². The predicted octanol–water partition coefficient (Wildman–Crippen LogP) is 3.64. The highest BCUT2D eigenvalue weighted by molar-refractivity contribution is 5.45. The molecule has 2 heteroatoms. The van der Waals surface area contributed by atoms with Crippen LogP contribution in [0.5, 0.6) is 11.5 Å². The van der Waals surface area contributed by atoms with E-state index >= 15 is 0 Å². The molecule has 0 fully saturated rings. The number of phenols is 2. The van der Waals surface area contributed by atoms with Gasteiger partial charge in [0.25, 0.3) is 0 Å². The van der Waals surface area contributed by atoms with Crippen molar-refractivity contribution in [1.82, 2.24) is 0 Å². The summed E-state index contributed by atoms with van der Waals surface area (Å²) < 4.78 is 0. The third kappa shape index (κ3) is 2.41. The van der Waals surface area contributed by atoms with Gasteiger partial charge in [0.1, 0.15) is 11.5 Å². The largest absolute Gasteiger partial charge is 0.508 e. The Balaban J connectivity index is 2.46. The number of hydrogen-bond acceptors (Lipinski definition) is 2. The molecule has 2 N–H and O–H groups in total. The first-order chi connectivity index (χ1) is 8.22. The smallest absolute Gasteiger partial charge is 0.119 e. The van der Waals surface area contributed by atoms with Gasteiger partial charge in [0.2, 0.25) is 0 Å². The van der Waals surface area contributed by atoms with Crippen LogP contribution in [-0.4, -0.2) is 10.2 Å². The Bertz CT molecular complexity index is 492. The fraction of sp³-hybridized carbons (Fsp3) is 0.200. The van der Waals surface area contributed by atoms with Gasteiger partial charge in [-0.05, 0) is 30.2 Å². The minimum Gasteiger partial charge on any atom is -0.508 e. The molecule has 0 saturated heterocycles. The van der Waals surface area contributed by atoms with E-state index in [4.69, 9.17) is 0 Å². The summed E-state index contributed by atoms with van der Waals surface area (Å²) in [6.45, 7) is 2.07. The molecule has 0 amide bonds. The topological polar surface area (TPSA) is 40.5 Å². The maximum atomic E-state index is 9.89. The normalized spacial score (nSPS) is 12.3. The lowest BCUT2D eigenvalue weighted by molar-refractivity contribution is 0.450. The van der Waals surface area contributed by atoms with Gasteiger partial charge in [-0.15, -0.1) is 0 Å². The van der Waals surface area contributed by atoms with E-state index in [2.05, 4.69) is 6.92 Å². The first kappa shape index (κ1) is 11.5. The molecule has 2 aromatic rings. The van der Waals surface area contributed by atoms with Crippen LogP contribution in [0.15, 0.2) is 48.5 Å². The lowest BCUT2D eigenvalue weighted by Crippen LogP contribution is -1.99. The van der Waals surface area contributed by atoms with Crippen LogP contribution < -0.4 is 0 Å².